The summed E-state index contributed by atoms with van der Waals surface area (Å²) in [5, 5.41) is 14.7. The van der Waals surface area contributed by atoms with E-state index in [1.807, 2.05) is 4.90 Å². The number of aryl methyl sites for hydroxylation is 1. The van der Waals surface area contributed by atoms with Gasteiger partial charge in [-0.3, -0.25) is 19.7 Å². The Morgan fingerprint density at radius 1 is 1.39 bits per heavy atom. The molecule has 2 aromatic rings. The smallest absolute Gasteiger partial charge is 0.334 e. The summed E-state index contributed by atoms with van der Waals surface area (Å²) in [6.45, 7) is 1.45. The zero-order valence-electron chi connectivity index (χ0n) is 15.4. The fraction of sp³-hybridized carbons (Fsp3) is 0.500. The number of aromatic nitrogens is 2. The van der Waals surface area contributed by atoms with Crippen LogP contribution in [0.1, 0.15) is 30.2 Å². The number of ether oxygens (including phenoxy) is 1. The Kier molecular flexibility index (Phi) is 4.62. The van der Waals surface area contributed by atoms with E-state index in [4.69, 9.17) is 9.26 Å². The van der Waals surface area contributed by atoms with E-state index in [1.54, 1.807) is 12.1 Å². The first-order chi connectivity index (χ1) is 13.5. The quantitative estimate of drug-likeness (QED) is 0.559. The van der Waals surface area contributed by atoms with Crippen molar-refractivity contribution >= 4 is 11.6 Å². The highest BCUT2D eigenvalue weighted by Crippen LogP contribution is 2.35. The molecule has 0 aliphatic carbocycles. The normalized spacial score (nSPS) is 20.5. The Morgan fingerprint density at radius 3 is 2.93 bits per heavy atom. The molecule has 0 aromatic carbocycles. The molecule has 2 aliphatic rings. The molecule has 0 N–H and O–H groups in total. The largest absolute Gasteiger partial charge is 0.479 e. The minimum Gasteiger partial charge on any atom is -0.479 e. The van der Waals surface area contributed by atoms with Crippen LogP contribution in [-0.2, 0) is 17.8 Å². The molecular formula is C18H20N4O6. The molecule has 0 unspecified atom stereocenters. The Bertz CT molecular complexity index is 981. The first-order valence-corrected chi connectivity index (χ1v) is 9.11. The molecule has 2 aliphatic heterocycles. The number of carbonyl (C=O) groups is 1. The highest BCUT2D eigenvalue weighted by molar-refractivity contribution is 5.76. The van der Waals surface area contributed by atoms with Gasteiger partial charge in [0.25, 0.3) is 5.88 Å². The molecule has 2 aromatic heterocycles. The lowest BCUT2D eigenvalue weighted by Gasteiger charge is -2.42. The minimum absolute atomic E-state index is 0.00956. The summed E-state index contributed by atoms with van der Waals surface area (Å²) in [7, 11) is 1.50. The highest BCUT2D eigenvalue weighted by atomic mass is 16.6. The summed E-state index contributed by atoms with van der Waals surface area (Å²) >= 11 is 0. The average Bonchev–Trinajstić information content (AvgIpc) is 3.14. The second-order valence-electron chi connectivity index (χ2n) is 7.25. The number of piperidine rings is 1. The molecule has 28 heavy (non-hydrogen) atoms. The van der Waals surface area contributed by atoms with Crippen LogP contribution in [0.4, 0.5) is 5.69 Å². The highest BCUT2D eigenvalue weighted by Gasteiger charge is 2.37. The summed E-state index contributed by atoms with van der Waals surface area (Å²) in [6.07, 6.45) is 1.61. The number of likely N-dealkylation sites (tertiary alicyclic amines) is 1. The molecule has 10 nitrogen and oxygen atoms in total. The van der Waals surface area contributed by atoms with Crippen molar-refractivity contribution in [1.29, 1.82) is 0 Å². The van der Waals surface area contributed by atoms with Crippen molar-refractivity contribution < 1.29 is 19.0 Å². The van der Waals surface area contributed by atoms with Gasteiger partial charge < -0.3 is 18.7 Å². The third-order valence-corrected chi connectivity index (χ3v) is 5.47. The van der Waals surface area contributed by atoms with E-state index < -0.39 is 16.2 Å². The zero-order valence-corrected chi connectivity index (χ0v) is 15.4. The number of carbonyl (C=O) groups excluding carboxylic acids is 1. The Hall–Kier alpha value is -3.17. The number of rotatable bonds is 5. The molecule has 4 rings (SSSR count). The van der Waals surface area contributed by atoms with E-state index in [9.17, 15) is 19.7 Å². The van der Waals surface area contributed by atoms with Gasteiger partial charge in [0, 0.05) is 56.2 Å². The predicted octanol–water partition coefficient (Wildman–Crippen LogP) is 1.33. The molecular weight excluding hydrogens is 368 g/mol. The van der Waals surface area contributed by atoms with Crippen molar-refractivity contribution in [3.05, 3.63) is 50.1 Å². The van der Waals surface area contributed by atoms with Gasteiger partial charge in [-0.1, -0.05) is 0 Å². The van der Waals surface area contributed by atoms with E-state index in [-0.39, 0.29) is 17.7 Å². The maximum atomic E-state index is 12.7. The van der Waals surface area contributed by atoms with Crippen LogP contribution in [0, 0.1) is 16.0 Å². The summed E-state index contributed by atoms with van der Waals surface area (Å²) in [5.74, 6) is 1.11. The number of methoxy groups -OCH3 is 1. The van der Waals surface area contributed by atoms with E-state index >= 15 is 0 Å². The van der Waals surface area contributed by atoms with Crippen LogP contribution in [0.15, 0.2) is 27.5 Å². The summed E-state index contributed by atoms with van der Waals surface area (Å²) in [6, 6.07) is 4.58. The molecule has 1 fully saturated rings. The van der Waals surface area contributed by atoms with Crippen molar-refractivity contribution in [3.8, 4) is 5.88 Å². The molecule has 2 atom stereocenters. The van der Waals surface area contributed by atoms with E-state index in [2.05, 4.69) is 5.16 Å². The van der Waals surface area contributed by atoms with Crippen LogP contribution in [-0.4, -0.2) is 45.7 Å². The SMILES string of the molecule is COc1cc(CCC(=O)N2C[C@H]3C[C@@H](C2)c2ccc([N+](=O)[O-])c(=O)n2C3)on1. The molecule has 4 heterocycles. The van der Waals surface area contributed by atoms with Gasteiger partial charge in [-0.2, -0.15) is 0 Å². The second kappa shape index (κ2) is 7.10. The Balaban J connectivity index is 1.46. The molecule has 2 bridgehead atoms. The number of hydrogen-bond donors (Lipinski definition) is 0. The van der Waals surface area contributed by atoms with Gasteiger partial charge in [0.15, 0.2) is 0 Å². The topological polar surface area (TPSA) is 121 Å². The third-order valence-electron chi connectivity index (χ3n) is 5.47. The van der Waals surface area contributed by atoms with E-state index in [0.717, 1.165) is 12.1 Å². The van der Waals surface area contributed by atoms with Gasteiger partial charge in [0.2, 0.25) is 5.91 Å². The molecule has 0 spiro atoms. The van der Waals surface area contributed by atoms with Crippen molar-refractivity contribution in [2.75, 3.05) is 20.2 Å². The molecule has 0 saturated carbocycles. The number of fused-ring (bicyclic) bond motifs is 4. The van der Waals surface area contributed by atoms with Crippen LogP contribution in [0.2, 0.25) is 0 Å². The fourth-order valence-electron chi connectivity index (χ4n) is 4.17. The van der Waals surface area contributed by atoms with Gasteiger partial charge in [0.05, 0.1) is 12.0 Å². The summed E-state index contributed by atoms with van der Waals surface area (Å²) < 4.78 is 11.6. The Labute approximate surface area is 159 Å². The van der Waals surface area contributed by atoms with Crippen LogP contribution >= 0.6 is 0 Å². The first-order valence-electron chi connectivity index (χ1n) is 9.11. The lowest BCUT2D eigenvalue weighted by molar-refractivity contribution is -0.386. The third kappa shape index (κ3) is 3.25. The lowest BCUT2D eigenvalue weighted by Crippen LogP contribution is -2.49. The number of hydrogen-bond acceptors (Lipinski definition) is 7. The first kappa shape index (κ1) is 18.2. The maximum absolute atomic E-state index is 12.7. The van der Waals surface area contributed by atoms with Crippen molar-refractivity contribution in [1.82, 2.24) is 14.6 Å². The van der Waals surface area contributed by atoms with E-state index in [0.29, 0.717) is 44.1 Å². The second-order valence-corrected chi connectivity index (χ2v) is 7.25. The van der Waals surface area contributed by atoms with Crippen molar-refractivity contribution in [3.63, 3.8) is 0 Å². The van der Waals surface area contributed by atoms with Gasteiger partial charge in [-0.05, 0) is 23.6 Å². The van der Waals surface area contributed by atoms with Crippen molar-refractivity contribution in [2.24, 2.45) is 5.92 Å². The monoisotopic (exact) mass is 388 g/mol. The average molecular weight is 388 g/mol. The molecule has 1 amide bonds. The Morgan fingerprint density at radius 2 is 2.21 bits per heavy atom. The fourth-order valence-corrected chi connectivity index (χ4v) is 4.17. The van der Waals surface area contributed by atoms with Gasteiger partial charge in [-0.25, -0.2) is 0 Å². The molecule has 1 saturated heterocycles. The number of pyridine rings is 1. The summed E-state index contributed by atoms with van der Waals surface area (Å²) in [4.78, 5) is 37.3. The zero-order chi connectivity index (χ0) is 19.8. The van der Waals surface area contributed by atoms with Crippen LogP contribution < -0.4 is 10.3 Å². The summed E-state index contributed by atoms with van der Waals surface area (Å²) in [5.41, 5.74) is -0.195. The number of amides is 1. The van der Waals surface area contributed by atoms with Crippen molar-refractivity contribution in [2.45, 2.75) is 31.7 Å². The van der Waals surface area contributed by atoms with E-state index in [1.165, 1.54) is 17.7 Å². The molecule has 0 radical (unpaired) electrons. The van der Waals surface area contributed by atoms with Crippen LogP contribution in [0.5, 0.6) is 5.88 Å². The minimum atomic E-state index is -0.645. The number of nitrogens with zero attached hydrogens (tertiary/aromatic N) is 4. The number of nitro groups is 1. The standard InChI is InChI=1S/C18H20N4O6/c1-27-16-7-13(28-19-16)2-5-17(23)20-8-11-6-12(10-20)14-3-4-15(22(25)26)18(24)21(14)9-11/h3-4,7,11-12H,2,5-6,8-10H2,1H3/t11-,12+/m1/s1. The molecule has 10 heteroatoms. The molecule has 148 valence electrons. The predicted molar refractivity (Wildman–Crippen MR) is 96.2 cm³/mol. The van der Waals surface area contributed by atoms with Gasteiger partial charge in [0.1, 0.15) is 5.76 Å². The van der Waals surface area contributed by atoms with Crippen LogP contribution in [0.25, 0.3) is 0 Å². The van der Waals surface area contributed by atoms with Gasteiger partial charge in [-0.15, -0.1) is 0 Å². The lowest BCUT2D eigenvalue weighted by atomic mass is 9.83. The van der Waals surface area contributed by atoms with Gasteiger partial charge >= 0.3 is 11.2 Å². The maximum Gasteiger partial charge on any atom is 0.334 e. The van der Waals surface area contributed by atoms with Crippen LogP contribution in [0.3, 0.4) is 0 Å².